The highest BCUT2D eigenvalue weighted by atomic mass is 16.5. The molecule has 6 N–H and O–H groups in total. The Bertz CT molecular complexity index is 1190. The molecular formula is C29H43N9O2. The van der Waals surface area contributed by atoms with Crippen LogP contribution < -0.4 is 27.0 Å². The number of nitriles is 1. The van der Waals surface area contributed by atoms with Crippen molar-refractivity contribution in [1.82, 2.24) is 14.8 Å². The molecule has 1 amide bonds. The number of pyridine rings is 1. The molecule has 0 aromatic carbocycles. The SMILES string of the molecule is N#CCC1CNc2c(C(=O)Nc3cnccc3N3CCOC(CN)C3)c(N)nn2C12CCCCCCCCCC2. The van der Waals surface area contributed by atoms with Crippen LogP contribution in [0.25, 0.3) is 0 Å². The van der Waals surface area contributed by atoms with Gasteiger partial charge in [-0.15, -0.1) is 0 Å². The third kappa shape index (κ3) is 5.74. The molecule has 5 rings (SSSR count). The van der Waals surface area contributed by atoms with Crippen molar-refractivity contribution in [3.63, 3.8) is 0 Å². The Morgan fingerprint density at radius 2 is 1.93 bits per heavy atom. The summed E-state index contributed by atoms with van der Waals surface area (Å²) in [5.74, 6) is 0.628. The second kappa shape index (κ2) is 12.9. The van der Waals surface area contributed by atoms with Gasteiger partial charge in [0.15, 0.2) is 5.82 Å². The minimum absolute atomic E-state index is 0.0629. The lowest BCUT2D eigenvalue weighted by Gasteiger charge is -2.45. The predicted octanol–water partition coefficient (Wildman–Crippen LogP) is 3.84. The molecule has 2 atom stereocenters. The molecule has 2 unspecified atom stereocenters. The lowest BCUT2D eigenvalue weighted by molar-refractivity contribution is 0.0466. The minimum Gasteiger partial charge on any atom is -0.381 e. The Kier molecular flexibility index (Phi) is 9.07. The lowest BCUT2D eigenvalue weighted by Crippen LogP contribution is -2.49. The maximum atomic E-state index is 13.8. The quantitative estimate of drug-likeness (QED) is 0.434. The van der Waals surface area contributed by atoms with Crippen LogP contribution in [0.15, 0.2) is 18.5 Å². The van der Waals surface area contributed by atoms with Crippen molar-refractivity contribution < 1.29 is 9.53 Å². The van der Waals surface area contributed by atoms with Gasteiger partial charge in [-0.1, -0.05) is 51.4 Å². The van der Waals surface area contributed by atoms with Gasteiger partial charge in [0.05, 0.1) is 41.9 Å². The molecule has 3 aliphatic rings. The summed E-state index contributed by atoms with van der Waals surface area (Å²) in [6.07, 6.45) is 15.2. The average molecular weight is 550 g/mol. The second-order valence-electron chi connectivity index (χ2n) is 11.4. The number of carbonyl (C=O) groups excluding carboxylic acids is 1. The third-order valence-electron chi connectivity index (χ3n) is 8.93. The van der Waals surface area contributed by atoms with Crippen LogP contribution in [0.1, 0.15) is 81.0 Å². The number of nitrogens with two attached hydrogens (primary N) is 2. The van der Waals surface area contributed by atoms with Crippen molar-refractivity contribution in [3.05, 3.63) is 24.0 Å². The monoisotopic (exact) mass is 549 g/mol. The van der Waals surface area contributed by atoms with E-state index in [9.17, 15) is 10.1 Å². The second-order valence-corrected chi connectivity index (χ2v) is 11.4. The van der Waals surface area contributed by atoms with Gasteiger partial charge in [-0.05, 0) is 18.9 Å². The van der Waals surface area contributed by atoms with Crippen LogP contribution in [-0.2, 0) is 10.3 Å². The van der Waals surface area contributed by atoms with E-state index in [1.165, 1.54) is 38.5 Å². The predicted molar refractivity (Wildman–Crippen MR) is 156 cm³/mol. The molecule has 1 aliphatic carbocycles. The summed E-state index contributed by atoms with van der Waals surface area (Å²) in [7, 11) is 0. The summed E-state index contributed by atoms with van der Waals surface area (Å²) in [6.45, 7) is 2.95. The largest absolute Gasteiger partial charge is 0.381 e. The molecule has 2 aliphatic heterocycles. The van der Waals surface area contributed by atoms with E-state index in [-0.39, 0.29) is 29.3 Å². The molecule has 1 saturated heterocycles. The van der Waals surface area contributed by atoms with Gasteiger partial charge >= 0.3 is 0 Å². The number of anilines is 4. The van der Waals surface area contributed by atoms with E-state index in [2.05, 4.69) is 26.6 Å². The van der Waals surface area contributed by atoms with Crippen molar-refractivity contribution in [2.75, 3.05) is 54.1 Å². The zero-order chi connectivity index (χ0) is 28.0. The minimum atomic E-state index is -0.336. The number of aromatic nitrogens is 3. The van der Waals surface area contributed by atoms with Gasteiger partial charge in [0, 0.05) is 44.7 Å². The van der Waals surface area contributed by atoms with Gasteiger partial charge in [0.1, 0.15) is 11.4 Å². The maximum Gasteiger partial charge on any atom is 0.263 e. The summed E-state index contributed by atoms with van der Waals surface area (Å²) in [6, 6.07) is 4.31. The molecule has 1 spiro atoms. The van der Waals surface area contributed by atoms with Crippen LogP contribution in [0.4, 0.5) is 23.0 Å². The van der Waals surface area contributed by atoms with Crippen LogP contribution in [-0.4, -0.2) is 59.6 Å². The Labute approximate surface area is 236 Å². The molecule has 4 heterocycles. The number of nitrogens with one attached hydrogen (secondary N) is 2. The number of fused-ring (bicyclic) bond motifs is 2. The van der Waals surface area contributed by atoms with Gasteiger partial charge in [-0.2, -0.15) is 10.4 Å². The number of nitrogen functional groups attached to an aromatic ring is 1. The van der Waals surface area contributed by atoms with E-state index in [0.717, 1.165) is 31.4 Å². The molecular weight excluding hydrogens is 506 g/mol. The maximum absolute atomic E-state index is 13.8. The van der Waals surface area contributed by atoms with Gasteiger partial charge < -0.3 is 31.7 Å². The highest BCUT2D eigenvalue weighted by Crippen LogP contribution is 2.46. The molecule has 0 radical (unpaired) electrons. The van der Waals surface area contributed by atoms with Crippen molar-refractivity contribution in [2.45, 2.75) is 82.3 Å². The van der Waals surface area contributed by atoms with Crippen LogP contribution in [0.5, 0.6) is 0 Å². The molecule has 1 saturated carbocycles. The van der Waals surface area contributed by atoms with E-state index >= 15 is 0 Å². The first kappa shape index (κ1) is 28.2. The normalized spacial score (nSPS) is 23.4. The first-order valence-electron chi connectivity index (χ1n) is 14.9. The van der Waals surface area contributed by atoms with Crippen molar-refractivity contribution in [1.29, 1.82) is 5.26 Å². The van der Waals surface area contributed by atoms with Gasteiger partial charge in [-0.3, -0.25) is 9.78 Å². The first-order chi connectivity index (χ1) is 19.6. The number of carbonyl (C=O) groups is 1. The smallest absolute Gasteiger partial charge is 0.263 e. The highest BCUT2D eigenvalue weighted by Gasteiger charge is 2.46. The summed E-state index contributed by atoms with van der Waals surface area (Å²) in [4.78, 5) is 20.3. The van der Waals surface area contributed by atoms with Crippen LogP contribution in [0.2, 0.25) is 0 Å². The Balaban J connectivity index is 1.46. The zero-order valence-corrected chi connectivity index (χ0v) is 23.4. The summed E-state index contributed by atoms with van der Waals surface area (Å²) in [5.41, 5.74) is 13.8. The first-order valence-corrected chi connectivity index (χ1v) is 14.9. The number of hydrogen-bond donors (Lipinski definition) is 4. The Morgan fingerprint density at radius 3 is 2.62 bits per heavy atom. The standard InChI is InChI=1S/C29H43N9O2/c30-13-9-21-18-34-27-25(26(32)36-38(27)29(21)11-7-5-3-1-2-4-6-8-12-29)28(39)35-23-19-33-14-10-24(23)37-15-16-40-22(17-31)20-37/h10,14,19,21-22,34H,1-9,11-12,15-18,20,31H2,(H2,32,36)(H,35,39). The summed E-state index contributed by atoms with van der Waals surface area (Å²) in [5, 5.41) is 21.0. The molecule has 2 aromatic rings. The third-order valence-corrected chi connectivity index (χ3v) is 8.93. The zero-order valence-electron chi connectivity index (χ0n) is 23.4. The van der Waals surface area contributed by atoms with E-state index in [0.29, 0.717) is 56.3 Å². The number of ether oxygens (including phenoxy) is 1. The van der Waals surface area contributed by atoms with E-state index in [4.69, 9.17) is 21.3 Å². The Hall–Kier alpha value is -3.36. The average Bonchev–Trinajstić information content (AvgIpc) is 3.29. The molecule has 216 valence electrons. The number of rotatable bonds is 5. The number of nitrogens with zero attached hydrogens (tertiary/aromatic N) is 5. The number of amides is 1. The molecule has 40 heavy (non-hydrogen) atoms. The molecule has 2 aromatic heterocycles. The fourth-order valence-electron chi connectivity index (χ4n) is 6.79. The fourth-order valence-corrected chi connectivity index (χ4v) is 6.79. The van der Waals surface area contributed by atoms with Gasteiger partial charge in [0.2, 0.25) is 0 Å². The lowest BCUT2D eigenvalue weighted by atomic mass is 9.73. The van der Waals surface area contributed by atoms with Gasteiger partial charge in [0.25, 0.3) is 5.91 Å². The topological polar surface area (TPSA) is 160 Å². The molecule has 11 nitrogen and oxygen atoms in total. The number of hydrogen-bond acceptors (Lipinski definition) is 9. The van der Waals surface area contributed by atoms with Gasteiger partial charge in [-0.25, -0.2) is 4.68 Å². The van der Waals surface area contributed by atoms with E-state index in [1.807, 2.05) is 10.7 Å². The Morgan fingerprint density at radius 1 is 1.20 bits per heavy atom. The van der Waals surface area contributed by atoms with E-state index < -0.39 is 0 Å². The van der Waals surface area contributed by atoms with Crippen LogP contribution >= 0.6 is 0 Å². The van der Waals surface area contributed by atoms with Crippen molar-refractivity contribution >= 4 is 28.9 Å². The molecule has 2 fully saturated rings. The van der Waals surface area contributed by atoms with Crippen LogP contribution in [0.3, 0.4) is 0 Å². The molecule has 11 heteroatoms. The molecule has 0 bridgehead atoms. The van der Waals surface area contributed by atoms with Crippen molar-refractivity contribution in [3.8, 4) is 6.07 Å². The number of morpholine rings is 1. The fraction of sp³-hybridized carbons (Fsp3) is 0.655. The summed E-state index contributed by atoms with van der Waals surface area (Å²) < 4.78 is 7.71. The highest BCUT2D eigenvalue weighted by molar-refractivity contribution is 6.12. The summed E-state index contributed by atoms with van der Waals surface area (Å²) >= 11 is 0. The van der Waals surface area contributed by atoms with E-state index in [1.54, 1.807) is 12.4 Å². The van der Waals surface area contributed by atoms with Crippen LogP contribution in [0, 0.1) is 17.2 Å². The van der Waals surface area contributed by atoms with Crippen molar-refractivity contribution in [2.24, 2.45) is 11.7 Å².